The highest BCUT2D eigenvalue weighted by molar-refractivity contribution is 6.30. The number of fused-ring (bicyclic) bond motifs is 1. The van der Waals surface area contributed by atoms with Crippen LogP contribution in [-0.2, 0) is 9.53 Å². The van der Waals surface area contributed by atoms with Crippen LogP contribution >= 0.6 is 11.6 Å². The molecule has 3 aliphatic rings. The maximum atomic E-state index is 12.8. The molecule has 0 radical (unpaired) electrons. The van der Waals surface area contributed by atoms with E-state index in [1.807, 2.05) is 60.5 Å². The second kappa shape index (κ2) is 6.82. The Morgan fingerprint density at radius 3 is 3.12 bits per heavy atom. The highest BCUT2D eigenvalue weighted by Gasteiger charge is 2.35. The molecule has 1 saturated heterocycles. The van der Waals surface area contributed by atoms with Crippen LogP contribution in [0.5, 0.6) is 0 Å². The molecular weight excluding hydrogens is 350 g/mol. The van der Waals surface area contributed by atoms with Crippen LogP contribution in [0.15, 0.2) is 60.1 Å². The minimum Gasteiger partial charge on any atom is -0.373 e. The van der Waals surface area contributed by atoms with Gasteiger partial charge in [-0.3, -0.25) is 4.79 Å². The molecule has 0 bridgehead atoms. The highest BCUT2D eigenvalue weighted by Crippen LogP contribution is 2.34. The Kier molecular flexibility index (Phi) is 4.51. The standard InChI is InChI=1S/C20H22ClN3O2/c1-20(9-5-11-26-20)13-22-19(25)17-16-8-2-3-10-24(16)18(23-17)14-6-4-7-15(21)12-14/h2-4,6-8,10,12,18,23H,5,9,11,13H2,1H3,(H,22,25). The van der Waals surface area contributed by atoms with Gasteiger partial charge in [0, 0.05) is 24.4 Å². The van der Waals surface area contributed by atoms with E-state index in [4.69, 9.17) is 16.3 Å². The normalized spacial score (nSPS) is 26.8. The topological polar surface area (TPSA) is 53.6 Å². The molecule has 26 heavy (non-hydrogen) atoms. The highest BCUT2D eigenvalue weighted by atomic mass is 35.5. The molecule has 6 heteroatoms. The van der Waals surface area contributed by atoms with Crippen LogP contribution in [0.1, 0.15) is 31.5 Å². The fraction of sp³-hybridized carbons (Fsp3) is 0.350. The third kappa shape index (κ3) is 3.24. The van der Waals surface area contributed by atoms with Crippen LogP contribution < -0.4 is 10.6 Å². The summed E-state index contributed by atoms with van der Waals surface area (Å²) < 4.78 is 5.76. The van der Waals surface area contributed by atoms with E-state index in [1.54, 1.807) is 0 Å². The number of nitrogens with zero attached hydrogens (tertiary/aromatic N) is 1. The smallest absolute Gasteiger partial charge is 0.269 e. The van der Waals surface area contributed by atoms with Gasteiger partial charge in [-0.2, -0.15) is 0 Å². The van der Waals surface area contributed by atoms with Gasteiger partial charge in [0.15, 0.2) is 0 Å². The van der Waals surface area contributed by atoms with E-state index in [-0.39, 0.29) is 17.7 Å². The van der Waals surface area contributed by atoms with Gasteiger partial charge in [0.25, 0.3) is 5.91 Å². The molecular formula is C20H22ClN3O2. The number of rotatable bonds is 4. The lowest BCUT2D eigenvalue weighted by molar-refractivity contribution is -0.119. The Balaban J connectivity index is 1.54. The number of hydrogen-bond acceptors (Lipinski definition) is 4. The predicted molar refractivity (Wildman–Crippen MR) is 101 cm³/mol. The van der Waals surface area contributed by atoms with Crippen molar-refractivity contribution in [3.8, 4) is 0 Å². The van der Waals surface area contributed by atoms with Gasteiger partial charge in [-0.05, 0) is 49.6 Å². The van der Waals surface area contributed by atoms with E-state index in [9.17, 15) is 4.79 Å². The fourth-order valence-corrected chi connectivity index (χ4v) is 3.81. The summed E-state index contributed by atoms with van der Waals surface area (Å²) in [6.07, 6.45) is 9.64. The van der Waals surface area contributed by atoms with Crippen molar-refractivity contribution in [2.24, 2.45) is 0 Å². The first-order valence-corrected chi connectivity index (χ1v) is 9.25. The van der Waals surface area contributed by atoms with Gasteiger partial charge in [-0.1, -0.05) is 29.8 Å². The zero-order chi connectivity index (χ0) is 18.1. The van der Waals surface area contributed by atoms with Gasteiger partial charge in [-0.25, -0.2) is 0 Å². The lowest BCUT2D eigenvalue weighted by atomic mass is 10.0. The summed E-state index contributed by atoms with van der Waals surface area (Å²) in [7, 11) is 0. The minimum absolute atomic E-state index is 0.119. The van der Waals surface area contributed by atoms with Crippen LogP contribution in [0, 0.1) is 0 Å². The molecule has 0 saturated carbocycles. The van der Waals surface area contributed by atoms with Crippen molar-refractivity contribution < 1.29 is 9.53 Å². The number of carbonyl (C=O) groups is 1. The Hall–Kier alpha value is -2.24. The fourth-order valence-electron chi connectivity index (χ4n) is 3.61. The molecule has 1 aromatic carbocycles. The second-order valence-electron chi connectivity index (χ2n) is 7.05. The first-order valence-electron chi connectivity index (χ1n) is 8.87. The van der Waals surface area contributed by atoms with Crippen molar-refractivity contribution >= 4 is 17.5 Å². The van der Waals surface area contributed by atoms with Crippen LogP contribution in [-0.4, -0.2) is 29.6 Å². The molecule has 0 spiro atoms. The number of benzene rings is 1. The van der Waals surface area contributed by atoms with E-state index < -0.39 is 0 Å². The lowest BCUT2D eigenvalue weighted by Gasteiger charge is -2.26. The average Bonchev–Trinajstić information content (AvgIpc) is 3.24. The maximum absolute atomic E-state index is 12.8. The summed E-state index contributed by atoms with van der Waals surface area (Å²) in [4.78, 5) is 14.9. The molecule has 2 unspecified atom stereocenters. The molecule has 2 N–H and O–H groups in total. The summed E-state index contributed by atoms with van der Waals surface area (Å²) in [5.41, 5.74) is 2.15. The molecule has 1 aromatic rings. The van der Waals surface area contributed by atoms with E-state index in [2.05, 4.69) is 10.6 Å². The van der Waals surface area contributed by atoms with E-state index in [1.165, 1.54) is 0 Å². The van der Waals surface area contributed by atoms with Gasteiger partial charge in [-0.15, -0.1) is 0 Å². The molecule has 0 aliphatic carbocycles. The predicted octanol–water partition coefficient (Wildman–Crippen LogP) is 3.22. The van der Waals surface area contributed by atoms with Crippen molar-refractivity contribution in [1.82, 2.24) is 15.5 Å². The van der Waals surface area contributed by atoms with E-state index in [0.29, 0.717) is 17.3 Å². The molecule has 1 amide bonds. The summed E-state index contributed by atoms with van der Waals surface area (Å²) in [6, 6.07) is 7.67. The number of ether oxygens (including phenoxy) is 1. The lowest BCUT2D eigenvalue weighted by Crippen LogP contribution is -2.42. The molecule has 2 atom stereocenters. The third-order valence-electron chi connectivity index (χ3n) is 5.02. The van der Waals surface area contributed by atoms with Gasteiger partial charge in [0.05, 0.1) is 11.3 Å². The number of amides is 1. The SMILES string of the molecule is CC1(CNC(=O)C2=C3C=CC=CN3C(c3cccc(Cl)c3)N2)CCCO1. The van der Waals surface area contributed by atoms with Crippen molar-refractivity contribution in [2.45, 2.75) is 31.5 Å². The minimum atomic E-state index is -0.270. The summed E-state index contributed by atoms with van der Waals surface area (Å²) in [5.74, 6) is -0.119. The first kappa shape index (κ1) is 17.2. The van der Waals surface area contributed by atoms with Gasteiger partial charge < -0.3 is 20.3 Å². The first-order chi connectivity index (χ1) is 12.6. The molecule has 0 aromatic heterocycles. The van der Waals surface area contributed by atoms with Crippen LogP contribution in [0.25, 0.3) is 0 Å². The largest absolute Gasteiger partial charge is 0.373 e. The molecule has 3 heterocycles. The third-order valence-corrected chi connectivity index (χ3v) is 5.26. The number of carbonyl (C=O) groups excluding carboxylic acids is 1. The Morgan fingerprint density at radius 1 is 1.46 bits per heavy atom. The zero-order valence-electron chi connectivity index (χ0n) is 14.7. The molecule has 5 nitrogen and oxygen atoms in total. The van der Waals surface area contributed by atoms with Crippen molar-refractivity contribution in [1.29, 1.82) is 0 Å². The summed E-state index contributed by atoms with van der Waals surface area (Å²) in [6.45, 7) is 3.31. The quantitative estimate of drug-likeness (QED) is 0.853. The van der Waals surface area contributed by atoms with Crippen LogP contribution in [0.3, 0.4) is 0 Å². The zero-order valence-corrected chi connectivity index (χ0v) is 15.4. The Bertz CT molecular complexity index is 809. The van der Waals surface area contributed by atoms with E-state index >= 15 is 0 Å². The van der Waals surface area contributed by atoms with Gasteiger partial charge in [0.1, 0.15) is 11.9 Å². The summed E-state index contributed by atoms with van der Waals surface area (Å²) in [5, 5.41) is 7.06. The maximum Gasteiger partial charge on any atom is 0.269 e. The average molecular weight is 372 g/mol. The molecule has 1 fully saturated rings. The second-order valence-corrected chi connectivity index (χ2v) is 7.49. The van der Waals surface area contributed by atoms with Gasteiger partial charge in [0.2, 0.25) is 0 Å². The van der Waals surface area contributed by atoms with Crippen molar-refractivity contribution in [2.75, 3.05) is 13.2 Å². The molecule has 136 valence electrons. The number of halogens is 1. The molecule has 4 rings (SSSR count). The van der Waals surface area contributed by atoms with Crippen molar-refractivity contribution in [3.63, 3.8) is 0 Å². The van der Waals surface area contributed by atoms with Crippen LogP contribution in [0.4, 0.5) is 0 Å². The number of hydrogen-bond donors (Lipinski definition) is 2. The van der Waals surface area contributed by atoms with E-state index in [0.717, 1.165) is 30.7 Å². The Labute approximate surface area is 158 Å². The number of nitrogens with one attached hydrogen (secondary N) is 2. The van der Waals surface area contributed by atoms with Crippen LogP contribution in [0.2, 0.25) is 5.02 Å². The Morgan fingerprint density at radius 2 is 2.35 bits per heavy atom. The van der Waals surface area contributed by atoms with Gasteiger partial charge >= 0.3 is 0 Å². The monoisotopic (exact) mass is 371 g/mol. The number of allylic oxidation sites excluding steroid dienone is 3. The summed E-state index contributed by atoms with van der Waals surface area (Å²) >= 11 is 6.15. The molecule has 3 aliphatic heterocycles. The van der Waals surface area contributed by atoms with Crippen molar-refractivity contribution in [3.05, 3.63) is 70.7 Å².